The zero-order valence-corrected chi connectivity index (χ0v) is 15.1. The van der Waals surface area contributed by atoms with Gasteiger partial charge in [0, 0.05) is 36.9 Å². The first-order valence-electron chi connectivity index (χ1n) is 7.85. The van der Waals surface area contributed by atoms with E-state index in [1.165, 1.54) is 15.7 Å². The second kappa shape index (κ2) is 10.2. The lowest BCUT2D eigenvalue weighted by Crippen LogP contribution is -2.20. The Balaban J connectivity index is 2.48. The summed E-state index contributed by atoms with van der Waals surface area (Å²) >= 11 is 3.68. The van der Waals surface area contributed by atoms with E-state index in [9.17, 15) is 0 Å². The van der Waals surface area contributed by atoms with E-state index in [-0.39, 0.29) is 0 Å². The molecule has 0 aliphatic rings. The monoisotopic (exact) mass is 356 g/mol. The van der Waals surface area contributed by atoms with E-state index in [0.717, 1.165) is 38.9 Å². The maximum absolute atomic E-state index is 8.79. The molecular formula is C17H29BrN2O. The summed E-state index contributed by atoms with van der Waals surface area (Å²) in [6.45, 7) is 7.71. The van der Waals surface area contributed by atoms with Crippen LogP contribution >= 0.6 is 15.9 Å². The fraction of sp³-hybridized carbons (Fsp3) is 0.647. The lowest BCUT2D eigenvalue weighted by molar-refractivity contribution is 0.283. The van der Waals surface area contributed by atoms with Gasteiger partial charge in [-0.15, -0.1) is 0 Å². The molecule has 0 unspecified atom stereocenters. The number of nitrogens with one attached hydrogen (secondary N) is 1. The summed E-state index contributed by atoms with van der Waals surface area (Å²) in [5, 5.41) is 12.3. The van der Waals surface area contributed by atoms with Gasteiger partial charge >= 0.3 is 0 Å². The molecule has 0 aromatic heterocycles. The third-order valence-corrected chi connectivity index (χ3v) is 4.24. The standard InChI is InChI=1S/C17H29BrN2O/c1-14(2)12-19-13-15-7-8-16(11-17(15)18)20(3)9-5-4-6-10-21/h7-8,11,14,19,21H,4-6,9-10,12-13H2,1-3H3. The summed E-state index contributed by atoms with van der Waals surface area (Å²) < 4.78 is 1.17. The molecule has 1 rings (SSSR count). The van der Waals surface area contributed by atoms with Crippen LogP contribution < -0.4 is 10.2 Å². The normalized spacial score (nSPS) is 11.1. The highest BCUT2D eigenvalue weighted by Gasteiger charge is 2.05. The Morgan fingerprint density at radius 3 is 2.62 bits per heavy atom. The molecular weight excluding hydrogens is 328 g/mol. The van der Waals surface area contributed by atoms with Crippen LogP contribution in [0.3, 0.4) is 0 Å². The maximum Gasteiger partial charge on any atom is 0.0431 e. The predicted molar refractivity (Wildman–Crippen MR) is 94.9 cm³/mol. The van der Waals surface area contributed by atoms with E-state index in [4.69, 9.17) is 5.11 Å². The van der Waals surface area contributed by atoms with Crippen molar-refractivity contribution in [1.29, 1.82) is 0 Å². The van der Waals surface area contributed by atoms with Gasteiger partial charge < -0.3 is 15.3 Å². The molecule has 0 aliphatic heterocycles. The molecule has 21 heavy (non-hydrogen) atoms. The summed E-state index contributed by atoms with van der Waals surface area (Å²) in [6, 6.07) is 6.57. The van der Waals surface area contributed by atoms with Crippen molar-refractivity contribution in [2.75, 3.05) is 31.6 Å². The molecule has 0 aliphatic carbocycles. The number of halogens is 1. The van der Waals surface area contributed by atoms with Gasteiger partial charge in [-0.2, -0.15) is 0 Å². The molecule has 2 N–H and O–H groups in total. The SMILES string of the molecule is CC(C)CNCc1ccc(N(C)CCCCCO)cc1Br. The van der Waals surface area contributed by atoms with Gasteiger partial charge in [-0.05, 0) is 49.4 Å². The van der Waals surface area contributed by atoms with Crippen LogP contribution in [0.2, 0.25) is 0 Å². The Hall–Kier alpha value is -0.580. The van der Waals surface area contributed by atoms with Crippen LogP contribution in [0.4, 0.5) is 5.69 Å². The number of hydrogen-bond acceptors (Lipinski definition) is 3. The van der Waals surface area contributed by atoms with Crippen molar-refractivity contribution >= 4 is 21.6 Å². The Morgan fingerprint density at radius 2 is 2.00 bits per heavy atom. The summed E-state index contributed by atoms with van der Waals surface area (Å²) in [5.74, 6) is 0.674. The largest absolute Gasteiger partial charge is 0.396 e. The van der Waals surface area contributed by atoms with E-state index in [1.807, 2.05) is 0 Å². The van der Waals surface area contributed by atoms with Crippen molar-refractivity contribution in [2.45, 2.75) is 39.7 Å². The highest BCUT2D eigenvalue weighted by molar-refractivity contribution is 9.10. The number of aliphatic hydroxyl groups is 1. The van der Waals surface area contributed by atoms with Crippen molar-refractivity contribution in [3.63, 3.8) is 0 Å². The van der Waals surface area contributed by atoms with Gasteiger partial charge in [-0.3, -0.25) is 0 Å². The third-order valence-electron chi connectivity index (χ3n) is 3.50. The minimum atomic E-state index is 0.299. The van der Waals surface area contributed by atoms with Crippen molar-refractivity contribution < 1.29 is 5.11 Å². The zero-order valence-electron chi connectivity index (χ0n) is 13.5. The molecule has 1 aromatic rings. The van der Waals surface area contributed by atoms with Crippen LogP contribution in [0.25, 0.3) is 0 Å². The molecule has 0 saturated heterocycles. The summed E-state index contributed by atoms with van der Waals surface area (Å²) in [5.41, 5.74) is 2.53. The topological polar surface area (TPSA) is 35.5 Å². The van der Waals surface area contributed by atoms with E-state index in [0.29, 0.717) is 12.5 Å². The molecule has 0 fully saturated rings. The van der Waals surface area contributed by atoms with Crippen LogP contribution in [0.15, 0.2) is 22.7 Å². The second-order valence-electron chi connectivity index (χ2n) is 6.01. The van der Waals surface area contributed by atoms with Gasteiger partial charge in [0.25, 0.3) is 0 Å². The second-order valence-corrected chi connectivity index (χ2v) is 6.86. The number of nitrogens with zero attached hydrogens (tertiary/aromatic N) is 1. The van der Waals surface area contributed by atoms with Gasteiger partial charge in [0.1, 0.15) is 0 Å². The van der Waals surface area contributed by atoms with E-state index in [1.54, 1.807) is 0 Å². The van der Waals surface area contributed by atoms with Crippen LogP contribution in [-0.4, -0.2) is 31.9 Å². The molecule has 1 aromatic carbocycles. The molecule has 0 saturated carbocycles. The van der Waals surface area contributed by atoms with Crippen molar-refractivity contribution in [2.24, 2.45) is 5.92 Å². The average molecular weight is 357 g/mol. The lowest BCUT2D eigenvalue weighted by atomic mass is 10.1. The van der Waals surface area contributed by atoms with Gasteiger partial charge in [0.05, 0.1) is 0 Å². The summed E-state index contributed by atoms with van der Waals surface area (Å²) in [7, 11) is 2.12. The van der Waals surface area contributed by atoms with Gasteiger partial charge in [-0.25, -0.2) is 0 Å². The number of hydrogen-bond donors (Lipinski definition) is 2. The van der Waals surface area contributed by atoms with Crippen LogP contribution in [0.1, 0.15) is 38.7 Å². The summed E-state index contributed by atoms with van der Waals surface area (Å²) in [4.78, 5) is 2.27. The van der Waals surface area contributed by atoms with Crippen LogP contribution in [0, 0.1) is 5.92 Å². The molecule has 120 valence electrons. The Bertz CT molecular complexity index is 410. The van der Waals surface area contributed by atoms with E-state index >= 15 is 0 Å². The number of rotatable bonds is 10. The van der Waals surface area contributed by atoms with Gasteiger partial charge in [0.2, 0.25) is 0 Å². The first-order chi connectivity index (χ1) is 10.0. The van der Waals surface area contributed by atoms with Crippen LogP contribution in [-0.2, 0) is 6.54 Å². The lowest BCUT2D eigenvalue weighted by Gasteiger charge is -2.20. The molecule has 0 spiro atoms. The van der Waals surface area contributed by atoms with E-state index in [2.05, 4.69) is 65.2 Å². The number of aliphatic hydroxyl groups excluding tert-OH is 1. The van der Waals surface area contributed by atoms with E-state index < -0.39 is 0 Å². The highest BCUT2D eigenvalue weighted by atomic mass is 79.9. The minimum Gasteiger partial charge on any atom is -0.396 e. The van der Waals surface area contributed by atoms with Gasteiger partial charge in [-0.1, -0.05) is 35.8 Å². The fourth-order valence-electron chi connectivity index (χ4n) is 2.18. The number of unbranched alkanes of at least 4 members (excludes halogenated alkanes) is 2. The zero-order chi connectivity index (χ0) is 15.7. The summed E-state index contributed by atoms with van der Waals surface area (Å²) in [6.07, 6.45) is 3.10. The average Bonchev–Trinajstić information content (AvgIpc) is 2.44. The van der Waals surface area contributed by atoms with Crippen molar-refractivity contribution in [1.82, 2.24) is 5.32 Å². The molecule has 3 nitrogen and oxygen atoms in total. The number of anilines is 1. The Kier molecular flexibility index (Phi) is 8.97. The predicted octanol–water partition coefficient (Wildman–Crippen LogP) is 3.79. The molecule has 4 heteroatoms. The molecule has 0 radical (unpaired) electrons. The molecule has 0 bridgehead atoms. The highest BCUT2D eigenvalue weighted by Crippen LogP contribution is 2.24. The van der Waals surface area contributed by atoms with Gasteiger partial charge in [0.15, 0.2) is 0 Å². The Labute approximate surface area is 137 Å². The van der Waals surface area contributed by atoms with Crippen molar-refractivity contribution in [3.8, 4) is 0 Å². The molecule has 0 atom stereocenters. The quantitative estimate of drug-likeness (QED) is 0.626. The van der Waals surface area contributed by atoms with Crippen LogP contribution in [0.5, 0.6) is 0 Å². The Morgan fingerprint density at radius 1 is 1.24 bits per heavy atom. The third kappa shape index (κ3) is 7.30. The maximum atomic E-state index is 8.79. The molecule has 0 amide bonds. The smallest absolute Gasteiger partial charge is 0.0431 e. The first kappa shape index (κ1) is 18.5. The molecule has 0 heterocycles. The number of benzene rings is 1. The first-order valence-corrected chi connectivity index (χ1v) is 8.65. The minimum absolute atomic E-state index is 0.299. The van der Waals surface area contributed by atoms with Crippen molar-refractivity contribution in [3.05, 3.63) is 28.2 Å². The fourth-order valence-corrected chi connectivity index (χ4v) is 2.69.